The van der Waals surface area contributed by atoms with E-state index in [1.54, 1.807) is 24.5 Å². The Bertz CT molecular complexity index is 996. The molecule has 3 aromatic rings. The first-order valence-corrected chi connectivity index (χ1v) is 9.77. The van der Waals surface area contributed by atoms with Crippen LogP contribution in [0.3, 0.4) is 0 Å². The predicted molar refractivity (Wildman–Crippen MR) is 106 cm³/mol. The van der Waals surface area contributed by atoms with E-state index >= 15 is 0 Å². The third kappa shape index (κ3) is 2.95. The third-order valence-corrected chi connectivity index (χ3v) is 5.93. The molecule has 0 saturated carbocycles. The molecular weight excluding hydrogens is 352 g/mol. The van der Waals surface area contributed by atoms with Crippen LogP contribution in [0.1, 0.15) is 33.7 Å². The standard InChI is InChI=1S/C22H22N4O2/c27-21(17-5-3-9-23-11-17)25-12-15-7-8-18(14-25)26(13-15)22(28)20-10-16-4-1-2-6-19(16)24-20/h1-6,9-11,15,18,24H,7-8,12-14H2/t15-,18+/m1/s1. The number of hydrogen-bond donors (Lipinski definition) is 1. The number of H-pyrrole nitrogens is 1. The normalized spacial score (nSPS) is 21.7. The van der Waals surface area contributed by atoms with Crippen LogP contribution in [-0.4, -0.2) is 57.3 Å². The summed E-state index contributed by atoms with van der Waals surface area (Å²) in [5.74, 6) is 0.346. The highest BCUT2D eigenvalue weighted by Gasteiger charge is 2.39. The Morgan fingerprint density at radius 3 is 2.71 bits per heavy atom. The lowest BCUT2D eigenvalue weighted by atomic mass is 9.94. The number of carbonyl (C=O) groups is 2. The molecule has 3 fully saturated rings. The predicted octanol–water partition coefficient (Wildman–Crippen LogP) is 2.94. The number of fused-ring (bicyclic) bond motifs is 5. The van der Waals surface area contributed by atoms with Crippen molar-refractivity contribution in [3.63, 3.8) is 0 Å². The second-order valence-electron chi connectivity index (χ2n) is 7.78. The van der Waals surface area contributed by atoms with Gasteiger partial charge >= 0.3 is 0 Å². The fourth-order valence-corrected chi connectivity index (χ4v) is 4.51. The number of pyridine rings is 1. The van der Waals surface area contributed by atoms with Crippen molar-refractivity contribution in [3.8, 4) is 0 Å². The van der Waals surface area contributed by atoms with E-state index in [9.17, 15) is 9.59 Å². The maximum Gasteiger partial charge on any atom is 0.270 e. The number of amides is 2. The molecule has 2 aromatic heterocycles. The van der Waals surface area contributed by atoms with Gasteiger partial charge in [0.15, 0.2) is 0 Å². The summed E-state index contributed by atoms with van der Waals surface area (Å²) in [5, 5.41) is 1.04. The molecule has 2 bridgehead atoms. The van der Waals surface area contributed by atoms with Gasteiger partial charge in [-0.3, -0.25) is 14.6 Å². The van der Waals surface area contributed by atoms with Gasteiger partial charge in [-0.25, -0.2) is 0 Å². The van der Waals surface area contributed by atoms with Gasteiger partial charge in [0.2, 0.25) is 0 Å². The summed E-state index contributed by atoms with van der Waals surface area (Å²) in [7, 11) is 0. The van der Waals surface area contributed by atoms with Crippen molar-refractivity contribution >= 4 is 22.7 Å². The molecule has 1 aromatic carbocycles. The van der Waals surface area contributed by atoms with E-state index in [0.717, 1.165) is 23.7 Å². The highest BCUT2D eigenvalue weighted by molar-refractivity contribution is 5.98. The molecule has 1 N–H and O–H groups in total. The molecule has 3 aliphatic heterocycles. The lowest BCUT2D eigenvalue weighted by Crippen LogP contribution is -2.47. The van der Waals surface area contributed by atoms with Gasteiger partial charge in [-0.15, -0.1) is 0 Å². The first-order valence-electron chi connectivity index (χ1n) is 9.77. The van der Waals surface area contributed by atoms with Gasteiger partial charge in [-0.1, -0.05) is 18.2 Å². The molecule has 0 radical (unpaired) electrons. The molecule has 6 rings (SSSR count). The smallest absolute Gasteiger partial charge is 0.270 e. The Labute approximate surface area is 163 Å². The average Bonchev–Trinajstić information content (AvgIpc) is 2.96. The lowest BCUT2D eigenvalue weighted by Gasteiger charge is -2.35. The van der Waals surface area contributed by atoms with E-state index in [1.807, 2.05) is 40.1 Å². The number of aromatic amines is 1. The average molecular weight is 374 g/mol. The van der Waals surface area contributed by atoms with E-state index < -0.39 is 0 Å². The Morgan fingerprint density at radius 1 is 1.00 bits per heavy atom. The van der Waals surface area contributed by atoms with Gasteiger partial charge in [0.1, 0.15) is 5.69 Å². The van der Waals surface area contributed by atoms with Crippen molar-refractivity contribution in [1.29, 1.82) is 0 Å². The summed E-state index contributed by atoms with van der Waals surface area (Å²) in [5.41, 5.74) is 2.20. The fourth-order valence-electron chi connectivity index (χ4n) is 4.51. The summed E-state index contributed by atoms with van der Waals surface area (Å²) in [4.78, 5) is 37.3. The van der Waals surface area contributed by atoms with Crippen molar-refractivity contribution in [2.75, 3.05) is 19.6 Å². The number of hydrogen-bond acceptors (Lipinski definition) is 3. The zero-order chi connectivity index (χ0) is 19.1. The number of para-hydroxylation sites is 1. The highest BCUT2D eigenvalue weighted by Crippen LogP contribution is 2.30. The largest absolute Gasteiger partial charge is 0.351 e. The number of aromatic nitrogens is 2. The number of nitrogens with one attached hydrogen (secondary N) is 1. The van der Waals surface area contributed by atoms with E-state index in [4.69, 9.17) is 0 Å². The maximum atomic E-state index is 13.2. The van der Waals surface area contributed by atoms with E-state index in [2.05, 4.69) is 9.97 Å². The highest BCUT2D eigenvalue weighted by atomic mass is 16.2. The molecule has 2 atom stereocenters. The minimum Gasteiger partial charge on any atom is -0.351 e. The van der Waals surface area contributed by atoms with Crippen LogP contribution in [0.2, 0.25) is 0 Å². The minimum absolute atomic E-state index is 0.00455. The van der Waals surface area contributed by atoms with Crippen molar-refractivity contribution in [1.82, 2.24) is 19.8 Å². The molecule has 6 nitrogen and oxygen atoms in total. The van der Waals surface area contributed by atoms with Crippen LogP contribution in [-0.2, 0) is 0 Å². The number of piperidine rings is 1. The summed E-state index contributed by atoms with van der Waals surface area (Å²) in [6.07, 6.45) is 5.28. The second kappa shape index (κ2) is 6.78. The number of rotatable bonds is 2. The van der Waals surface area contributed by atoms with Crippen LogP contribution in [0.4, 0.5) is 0 Å². The van der Waals surface area contributed by atoms with Crippen LogP contribution in [0.25, 0.3) is 10.9 Å². The zero-order valence-electron chi connectivity index (χ0n) is 15.5. The quantitative estimate of drug-likeness (QED) is 0.750. The molecule has 0 aliphatic carbocycles. The van der Waals surface area contributed by atoms with E-state index in [1.165, 1.54) is 0 Å². The van der Waals surface area contributed by atoms with Crippen molar-refractivity contribution in [3.05, 3.63) is 66.1 Å². The van der Waals surface area contributed by atoms with Gasteiger partial charge in [0.25, 0.3) is 11.8 Å². The Kier molecular flexibility index (Phi) is 4.11. The topological polar surface area (TPSA) is 69.3 Å². The van der Waals surface area contributed by atoms with Crippen molar-refractivity contribution in [2.45, 2.75) is 18.9 Å². The van der Waals surface area contributed by atoms with E-state index in [-0.39, 0.29) is 17.9 Å². The molecule has 5 heterocycles. The molecule has 0 unspecified atom stereocenters. The summed E-state index contributed by atoms with van der Waals surface area (Å²) in [6, 6.07) is 13.5. The Hall–Kier alpha value is -3.15. The Morgan fingerprint density at radius 2 is 1.89 bits per heavy atom. The van der Waals surface area contributed by atoms with Gasteiger partial charge < -0.3 is 14.8 Å². The van der Waals surface area contributed by atoms with Gasteiger partial charge in [-0.05, 0) is 43.0 Å². The number of nitrogens with zero attached hydrogens (tertiary/aromatic N) is 3. The first kappa shape index (κ1) is 17.0. The van der Waals surface area contributed by atoms with Crippen molar-refractivity contribution in [2.24, 2.45) is 5.92 Å². The van der Waals surface area contributed by atoms with Gasteiger partial charge in [0, 0.05) is 49.0 Å². The van der Waals surface area contributed by atoms with E-state index in [0.29, 0.717) is 36.8 Å². The van der Waals surface area contributed by atoms with Gasteiger partial charge in [0.05, 0.1) is 5.56 Å². The first-order chi connectivity index (χ1) is 13.7. The molecule has 28 heavy (non-hydrogen) atoms. The molecule has 0 spiro atoms. The minimum atomic E-state index is 0.00455. The maximum absolute atomic E-state index is 13.2. The number of carbonyl (C=O) groups excluding carboxylic acids is 2. The van der Waals surface area contributed by atoms with Crippen LogP contribution >= 0.6 is 0 Å². The monoisotopic (exact) mass is 374 g/mol. The van der Waals surface area contributed by atoms with Crippen LogP contribution in [0.15, 0.2) is 54.9 Å². The van der Waals surface area contributed by atoms with Crippen LogP contribution in [0, 0.1) is 5.92 Å². The molecule has 6 heteroatoms. The summed E-state index contributed by atoms with van der Waals surface area (Å²) < 4.78 is 0. The fraction of sp³-hybridized carbons (Fsp3) is 0.318. The van der Waals surface area contributed by atoms with Crippen molar-refractivity contribution < 1.29 is 9.59 Å². The SMILES string of the molecule is O=C(c1cccnc1)N1C[C@H]2CC[C@@H](C1)N(C(=O)c1cc3ccccc3[nH]1)C2. The summed E-state index contributed by atoms with van der Waals surface area (Å²) >= 11 is 0. The number of benzene rings is 1. The van der Waals surface area contributed by atoms with Crippen LogP contribution < -0.4 is 0 Å². The molecule has 2 amide bonds. The van der Waals surface area contributed by atoms with Crippen LogP contribution in [0.5, 0.6) is 0 Å². The molecule has 3 aliphatic rings. The van der Waals surface area contributed by atoms with Gasteiger partial charge in [-0.2, -0.15) is 0 Å². The molecular formula is C22H22N4O2. The molecule has 3 saturated heterocycles. The second-order valence-corrected chi connectivity index (χ2v) is 7.78. The molecule has 142 valence electrons. The summed E-state index contributed by atoms with van der Waals surface area (Å²) in [6.45, 7) is 1.98. The zero-order valence-corrected chi connectivity index (χ0v) is 15.5. The Balaban J connectivity index is 1.39. The third-order valence-electron chi connectivity index (χ3n) is 5.93. The lowest BCUT2D eigenvalue weighted by molar-refractivity contribution is 0.0569.